The summed E-state index contributed by atoms with van der Waals surface area (Å²) < 4.78 is 5.59. The van der Waals surface area contributed by atoms with Crippen molar-refractivity contribution in [3.05, 3.63) is 29.5 Å². The van der Waals surface area contributed by atoms with Crippen LogP contribution in [0.25, 0.3) is 10.8 Å². The molecule has 2 unspecified atom stereocenters. The lowest BCUT2D eigenvalue weighted by atomic mass is 9.91. The Kier molecular flexibility index (Phi) is 7.86. The molecular formula is C15H23Cl2N3OS. The summed E-state index contributed by atoms with van der Waals surface area (Å²) in [6, 6.07) is 4.51. The van der Waals surface area contributed by atoms with Gasteiger partial charge in [0, 0.05) is 19.1 Å². The fourth-order valence-electron chi connectivity index (χ4n) is 3.01. The number of likely N-dealkylation sites (tertiary alicyclic amines) is 1. The van der Waals surface area contributed by atoms with Gasteiger partial charge < -0.3 is 10.2 Å². The standard InChI is InChI=1S/C15H21N3OS.2ClH/c1-11-4-2-6-18(13(11)8-16)9-12-10-19-15(17-12)14-5-3-7-20-14;;/h3,5,7,10-11,13H,2,4,6,8-9,16H2,1H3;2*1H. The van der Waals surface area contributed by atoms with Gasteiger partial charge in [-0.3, -0.25) is 4.90 Å². The number of aromatic nitrogens is 1. The summed E-state index contributed by atoms with van der Waals surface area (Å²) in [5, 5.41) is 2.04. The van der Waals surface area contributed by atoms with Gasteiger partial charge in [-0.15, -0.1) is 36.2 Å². The normalized spacial score (nSPS) is 21.9. The largest absolute Gasteiger partial charge is 0.444 e. The van der Waals surface area contributed by atoms with E-state index in [0.717, 1.165) is 36.1 Å². The Morgan fingerprint density at radius 2 is 2.27 bits per heavy atom. The summed E-state index contributed by atoms with van der Waals surface area (Å²) in [4.78, 5) is 8.13. The van der Waals surface area contributed by atoms with Crippen molar-refractivity contribution in [1.82, 2.24) is 9.88 Å². The number of nitrogens with two attached hydrogens (primary N) is 1. The Hall–Kier alpha value is -0.590. The Balaban J connectivity index is 0.00000121. The first kappa shape index (κ1) is 19.5. The van der Waals surface area contributed by atoms with Crippen molar-refractivity contribution < 1.29 is 4.42 Å². The quantitative estimate of drug-likeness (QED) is 0.897. The van der Waals surface area contributed by atoms with E-state index in [9.17, 15) is 0 Å². The average molecular weight is 364 g/mol. The highest BCUT2D eigenvalue weighted by atomic mass is 35.5. The van der Waals surface area contributed by atoms with Crippen LogP contribution in [0.4, 0.5) is 0 Å². The molecule has 2 aromatic rings. The molecule has 0 radical (unpaired) electrons. The number of oxazole rings is 1. The summed E-state index contributed by atoms with van der Waals surface area (Å²) in [5.41, 5.74) is 6.94. The number of hydrogen-bond acceptors (Lipinski definition) is 5. The number of thiophene rings is 1. The Labute approximate surface area is 147 Å². The van der Waals surface area contributed by atoms with Gasteiger partial charge in [0.2, 0.25) is 5.89 Å². The van der Waals surface area contributed by atoms with Gasteiger partial charge in [0.25, 0.3) is 0 Å². The molecule has 0 spiro atoms. The van der Waals surface area contributed by atoms with Crippen molar-refractivity contribution in [3.8, 4) is 10.8 Å². The summed E-state index contributed by atoms with van der Waals surface area (Å²) in [6.07, 6.45) is 4.30. The average Bonchev–Trinajstić information content (AvgIpc) is 3.09. The summed E-state index contributed by atoms with van der Waals surface area (Å²) >= 11 is 1.65. The zero-order chi connectivity index (χ0) is 13.9. The number of rotatable bonds is 4. The van der Waals surface area contributed by atoms with Crippen molar-refractivity contribution in [1.29, 1.82) is 0 Å². The second-order valence-electron chi connectivity index (χ2n) is 5.51. The van der Waals surface area contributed by atoms with Gasteiger partial charge in [-0.2, -0.15) is 0 Å². The smallest absolute Gasteiger partial charge is 0.236 e. The number of hydrogen-bond donors (Lipinski definition) is 1. The molecule has 1 aliphatic rings. The highest BCUT2D eigenvalue weighted by Gasteiger charge is 2.27. The predicted molar refractivity (Wildman–Crippen MR) is 96.0 cm³/mol. The highest BCUT2D eigenvalue weighted by Crippen LogP contribution is 2.27. The second kappa shape index (κ2) is 8.89. The molecular weight excluding hydrogens is 341 g/mol. The molecule has 0 amide bonds. The van der Waals surface area contributed by atoms with E-state index in [1.54, 1.807) is 17.6 Å². The molecule has 0 aromatic carbocycles. The van der Waals surface area contributed by atoms with Gasteiger partial charge in [0.05, 0.1) is 10.6 Å². The highest BCUT2D eigenvalue weighted by molar-refractivity contribution is 7.13. The first-order valence-corrected chi connectivity index (χ1v) is 8.08. The molecule has 0 bridgehead atoms. The van der Waals surface area contributed by atoms with E-state index in [2.05, 4.69) is 16.8 Å². The third kappa shape index (κ3) is 4.24. The molecule has 7 heteroatoms. The van der Waals surface area contributed by atoms with E-state index in [1.165, 1.54) is 12.8 Å². The van der Waals surface area contributed by atoms with Crippen LogP contribution in [0.3, 0.4) is 0 Å². The van der Waals surface area contributed by atoms with E-state index in [0.29, 0.717) is 12.0 Å². The fourth-order valence-corrected chi connectivity index (χ4v) is 3.67. The van der Waals surface area contributed by atoms with Gasteiger partial charge in [0.1, 0.15) is 6.26 Å². The molecule has 1 fully saturated rings. The van der Waals surface area contributed by atoms with Gasteiger partial charge in [-0.05, 0) is 36.8 Å². The molecule has 0 saturated carbocycles. The minimum absolute atomic E-state index is 0. The third-order valence-corrected chi connectivity index (χ3v) is 4.98. The van der Waals surface area contributed by atoms with Gasteiger partial charge in [0.15, 0.2) is 0 Å². The van der Waals surface area contributed by atoms with Gasteiger partial charge in [-0.25, -0.2) is 4.98 Å². The predicted octanol–water partition coefficient (Wildman–Crippen LogP) is 3.81. The molecule has 2 aromatic heterocycles. The number of piperidine rings is 1. The van der Waals surface area contributed by atoms with E-state index in [-0.39, 0.29) is 24.8 Å². The van der Waals surface area contributed by atoms with Crippen LogP contribution in [-0.4, -0.2) is 29.0 Å². The van der Waals surface area contributed by atoms with Crippen molar-refractivity contribution in [3.63, 3.8) is 0 Å². The molecule has 3 rings (SSSR count). The lowest BCUT2D eigenvalue weighted by Crippen LogP contribution is -2.48. The topological polar surface area (TPSA) is 55.3 Å². The van der Waals surface area contributed by atoms with Crippen LogP contribution >= 0.6 is 36.2 Å². The molecule has 1 aliphatic heterocycles. The minimum Gasteiger partial charge on any atom is -0.444 e. The molecule has 124 valence electrons. The maximum atomic E-state index is 5.94. The Morgan fingerprint density at radius 3 is 2.95 bits per heavy atom. The van der Waals surface area contributed by atoms with Crippen LogP contribution in [0.1, 0.15) is 25.5 Å². The number of halogens is 2. The Morgan fingerprint density at radius 1 is 1.45 bits per heavy atom. The molecule has 2 atom stereocenters. The second-order valence-corrected chi connectivity index (χ2v) is 6.46. The number of nitrogens with zero attached hydrogens (tertiary/aromatic N) is 2. The molecule has 22 heavy (non-hydrogen) atoms. The van der Waals surface area contributed by atoms with Crippen LogP contribution in [-0.2, 0) is 6.54 Å². The molecule has 1 saturated heterocycles. The molecule has 2 N–H and O–H groups in total. The molecule has 3 heterocycles. The van der Waals surface area contributed by atoms with Gasteiger partial charge >= 0.3 is 0 Å². The lowest BCUT2D eigenvalue weighted by Gasteiger charge is -2.38. The van der Waals surface area contributed by atoms with E-state index < -0.39 is 0 Å². The van der Waals surface area contributed by atoms with E-state index in [4.69, 9.17) is 10.2 Å². The monoisotopic (exact) mass is 363 g/mol. The SMILES string of the molecule is CC1CCCN(Cc2coc(-c3cccs3)n2)C1CN.Cl.Cl. The van der Waals surface area contributed by atoms with Crippen LogP contribution in [0.2, 0.25) is 0 Å². The summed E-state index contributed by atoms with van der Waals surface area (Å²) in [5.74, 6) is 1.39. The first-order chi connectivity index (χ1) is 9.78. The molecule has 0 aliphatic carbocycles. The maximum Gasteiger partial charge on any atom is 0.236 e. The molecule has 4 nitrogen and oxygen atoms in total. The zero-order valence-electron chi connectivity index (χ0n) is 12.6. The summed E-state index contributed by atoms with van der Waals surface area (Å²) in [6.45, 7) is 4.95. The van der Waals surface area contributed by atoms with Crippen molar-refractivity contribution in [2.24, 2.45) is 11.7 Å². The van der Waals surface area contributed by atoms with Gasteiger partial charge in [-0.1, -0.05) is 13.0 Å². The Bertz CT molecular complexity index is 547. The van der Waals surface area contributed by atoms with E-state index in [1.807, 2.05) is 17.5 Å². The van der Waals surface area contributed by atoms with Crippen molar-refractivity contribution in [2.45, 2.75) is 32.4 Å². The zero-order valence-corrected chi connectivity index (χ0v) is 15.1. The lowest BCUT2D eigenvalue weighted by molar-refractivity contribution is 0.0977. The van der Waals surface area contributed by atoms with Crippen LogP contribution in [0.15, 0.2) is 28.2 Å². The minimum atomic E-state index is 0. The van der Waals surface area contributed by atoms with Crippen LogP contribution in [0.5, 0.6) is 0 Å². The fraction of sp³-hybridized carbons (Fsp3) is 0.533. The van der Waals surface area contributed by atoms with Crippen molar-refractivity contribution in [2.75, 3.05) is 13.1 Å². The summed E-state index contributed by atoms with van der Waals surface area (Å²) in [7, 11) is 0. The van der Waals surface area contributed by atoms with Crippen LogP contribution < -0.4 is 5.73 Å². The maximum absolute atomic E-state index is 5.94. The third-order valence-electron chi connectivity index (χ3n) is 4.12. The van der Waals surface area contributed by atoms with Crippen molar-refractivity contribution >= 4 is 36.2 Å². The van der Waals surface area contributed by atoms with E-state index >= 15 is 0 Å². The first-order valence-electron chi connectivity index (χ1n) is 7.20. The van der Waals surface area contributed by atoms with Crippen LogP contribution in [0, 0.1) is 5.92 Å².